The Balaban J connectivity index is 2.03. The lowest BCUT2D eigenvalue weighted by Gasteiger charge is -2.23. The van der Waals surface area contributed by atoms with Crippen LogP contribution in [-0.4, -0.2) is 29.1 Å². The number of aliphatic hydroxyl groups is 1. The van der Waals surface area contributed by atoms with Gasteiger partial charge in [0.1, 0.15) is 0 Å². The van der Waals surface area contributed by atoms with E-state index in [0.717, 1.165) is 10.5 Å². The van der Waals surface area contributed by atoms with Gasteiger partial charge < -0.3 is 5.11 Å². The summed E-state index contributed by atoms with van der Waals surface area (Å²) in [6, 6.07) is 4.90. The molecule has 1 atom stereocenters. The Kier molecular flexibility index (Phi) is 2.95. The molecule has 0 spiro atoms. The van der Waals surface area contributed by atoms with Gasteiger partial charge in [0.15, 0.2) is 6.23 Å². The summed E-state index contributed by atoms with van der Waals surface area (Å²) in [5, 5.41) is 9.80. The van der Waals surface area contributed by atoms with Gasteiger partial charge in [-0.25, -0.2) is 4.90 Å². The molecule has 0 aliphatic carbocycles. The minimum absolute atomic E-state index is 0.352. The molecule has 2 aliphatic rings. The summed E-state index contributed by atoms with van der Waals surface area (Å²) in [5.74, 6) is -1.20. The maximum atomic E-state index is 11.8. The fraction of sp³-hybridized carbons (Fsp3) is 0.133. The molecule has 0 aromatic heterocycles. The topological polar surface area (TPSA) is 77.9 Å². The number of anilines is 2. The number of nitrogens with zero attached hydrogens (tertiary/aromatic N) is 2. The van der Waals surface area contributed by atoms with Crippen LogP contribution in [0.2, 0.25) is 0 Å². The third-order valence-corrected chi connectivity index (χ3v) is 3.43. The molecule has 0 bridgehead atoms. The van der Waals surface area contributed by atoms with Crippen LogP contribution < -0.4 is 9.80 Å². The highest BCUT2D eigenvalue weighted by Crippen LogP contribution is 2.30. The molecule has 2 aliphatic heterocycles. The number of rotatable bonds is 2. The molecule has 1 N–H and O–H groups in total. The lowest BCUT2D eigenvalue weighted by atomic mass is 10.1. The van der Waals surface area contributed by atoms with Crippen LogP contribution in [0.3, 0.4) is 0 Å². The van der Waals surface area contributed by atoms with E-state index in [1.807, 2.05) is 0 Å². The average Bonchev–Trinajstić information content (AvgIpc) is 2.95. The molecule has 106 valence electrons. The average molecular weight is 284 g/mol. The van der Waals surface area contributed by atoms with Crippen LogP contribution in [0.5, 0.6) is 0 Å². The number of hydrogen-bond acceptors (Lipinski definition) is 4. The maximum Gasteiger partial charge on any atom is 0.258 e. The van der Waals surface area contributed by atoms with Gasteiger partial charge in [0.2, 0.25) is 0 Å². The predicted octanol–water partition coefficient (Wildman–Crippen LogP) is 0.646. The summed E-state index contributed by atoms with van der Waals surface area (Å²) < 4.78 is 0. The Morgan fingerprint density at radius 1 is 1.00 bits per heavy atom. The summed E-state index contributed by atoms with van der Waals surface area (Å²) in [4.78, 5) is 37.5. The molecule has 2 heterocycles. The summed E-state index contributed by atoms with van der Waals surface area (Å²) in [6.45, 7) is 1.76. The van der Waals surface area contributed by atoms with Crippen LogP contribution in [0.25, 0.3) is 0 Å². The standard InChI is InChI=1S/C15H12N2O4/c1-9-2-3-10(16-12(18)4-5-13(16)19)8-11(9)17-14(20)6-7-15(17)21/h2-8,12,18H,1H3. The van der Waals surface area contributed by atoms with E-state index in [0.29, 0.717) is 11.4 Å². The first kappa shape index (κ1) is 13.3. The molecule has 0 radical (unpaired) electrons. The zero-order valence-corrected chi connectivity index (χ0v) is 11.2. The number of aliphatic hydroxyl groups excluding tert-OH is 1. The highest BCUT2D eigenvalue weighted by atomic mass is 16.3. The third kappa shape index (κ3) is 2.05. The Hall–Kier alpha value is -2.73. The fourth-order valence-corrected chi connectivity index (χ4v) is 2.37. The Labute approximate surface area is 120 Å². The SMILES string of the molecule is Cc1ccc(N2C(=O)C=CC2O)cc1N1C(=O)C=CC1=O. The van der Waals surface area contributed by atoms with E-state index < -0.39 is 18.0 Å². The second kappa shape index (κ2) is 4.68. The van der Waals surface area contributed by atoms with E-state index in [2.05, 4.69) is 0 Å². The molecule has 1 aromatic carbocycles. The van der Waals surface area contributed by atoms with Gasteiger partial charge in [-0.05, 0) is 30.7 Å². The van der Waals surface area contributed by atoms with Crippen LogP contribution in [0.15, 0.2) is 42.5 Å². The molecule has 1 aromatic rings. The first-order valence-corrected chi connectivity index (χ1v) is 6.35. The van der Waals surface area contributed by atoms with Crippen LogP contribution in [-0.2, 0) is 14.4 Å². The predicted molar refractivity (Wildman–Crippen MR) is 75.4 cm³/mol. The van der Waals surface area contributed by atoms with Crippen LogP contribution in [0.4, 0.5) is 11.4 Å². The van der Waals surface area contributed by atoms with Gasteiger partial charge >= 0.3 is 0 Å². The molecule has 6 nitrogen and oxygen atoms in total. The van der Waals surface area contributed by atoms with Crippen LogP contribution >= 0.6 is 0 Å². The third-order valence-electron chi connectivity index (χ3n) is 3.43. The molecule has 0 saturated heterocycles. The molecule has 3 amide bonds. The molecule has 21 heavy (non-hydrogen) atoms. The highest BCUT2D eigenvalue weighted by Gasteiger charge is 2.29. The first-order chi connectivity index (χ1) is 9.99. The summed E-state index contributed by atoms with van der Waals surface area (Å²) >= 11 is 0. The van der Waals surface area contributed by atoms with Crippen molar-refractivity contribution in [2.24, 2.45) is 0 Å². The van der Waals surface area contributed by atoms with E-state index in [1.165, 1.54) is 29.2 Å². The van der Waals surface area contributed by atoms with Gasteiger partial charge in [0, 0.05) is 23.9 Å². The second-order valence-corrected chi connectivity index (χ2v) is 4.80. The zero-order valence-electron chi connectivity index (χ0n) is 11.2. The van der Waals surface area contributed by atoms with Crippen LogP contribution in [0.1, 0.15) is 5.56 Å². The number of imide groups is 1. The van der Waals surface area contributed by atoms with E-state index in [4.69, 9.17) is 0 Å². The number of hydrogen-bond donors (Lipinski definition) is 1. The zero-order chi connectivity index (χ0) is 15.1. The van der Waals surface area contributed by atoms with Crippen molar-refractivity contribution in [1.29, 1.82) is 0 Å². The molecule has 3 rings (SSSR count). The Morgan fingerprint density at radius 3 is 2.24 bits per heavy atom. The molecule has 6 heteroatoms. The molecule has 1 unspecified atom stereocenters. The van der Waals surface area contributed by atoms with Crippen molar-refractivity contribution >= 4 is 29.1 Å². The summed E-state index contributed by atoms with van der Waals surface area (Å²) in [7, 11) is 0. The number of amides is 3. The van der Waals surface area contributed by atoms with Gasteiger partial charge in [-0.3, -0.25) is 19.3 Å². The minimum Gasteiger partial charge on any atom is -0.369 e. The monoisotopic (exact) mass is 284 g/mol. The number of benzene rings is 1. The number of carbonyl (C=O) groups is 3. The van der Waals surface area contributed by atoms with E-state index in [-0.39, 0.29) is 5.91 Å². The fourth-order valence-electron chi connectivity index (χ4n) is 2.37. The van der Waals surface area contributed by atoms with Gasteiger partial charge in [-0.2, -0.15) is 0 Å². The largest absolute Gasteiger partial charge is 0.369 e. The van der Waals surface area contributed by atoms with E-state index in [9.17, 15) is 19.5 Å². The molecule has 0 saturated carbocycles. The minimum atomic E-state index is -1.05. The molecular weight excluding hydrogens is 272 g/mol. The smallest absolute Gasteiger partial charge is 0.258 e. The van der Waals surface area contributed by atoms with Crippen molar-refractivity contribution in [2.75, 3.05) is 9.80 Å². The molecular formula is C15H12N2O4. The Morgan fingerprint density at radius 2 is 1.67 bits per heavy atom. The highest BCUT2D eigenvalue weighted by molar-refractivity contribution is 6.28. The van der Waals surface area contributed by atoms with Crippen LogP contribution in [0, 0.1) is 6.92 Å². The van der Waals surface area contributed by atoms with Crippen molar-refractivity contribution in [3.63, 3.8) is 0 Å². The maximum absolute atomic E-state index is 11.8. The van der Waals surface area contributed by atoms with Gasteiger partial charge in [0.25, 0.3) is 17.7 Å². The van der Waals surface area contributed by atoms with Gasteiger partial charge in [-0.15, -0.1) is 0 Å². The van der Waals surface area contributed by atoms with Crippen molar-refractivity contribution in [3.05, 3.63) is 48.1 Å². The lowest BCUT2D eigenvalue weighted by Crippen LogP contribution is -2.34. The summed E-state index contributed by atoms with van der Waals surface area (Å²) in [5.41, 5.74) is 1.54. The molecule has 0 fully saturated rings. The van der Waals surface area contributed by atoms with Crippen molar-refractivity contribution in [3.8, 4) is 0 Å². The van der Waals surface area contributed by atoms with Crippen molar-refractivity contribution in [1.82, 2.24) is 0 Å². The Bertz CT molecular complexity index is 702. The lowest BCUT2D eigenvalue weighted by molar-refractivity contribution is -0.120. The van der Waals surface area contributed by atoms with Gasteiger partial charge in [-0.1, -0.05) is 6.07 Å². The number of carbonyl (C=O) groups excluding carboxylic acids is 3. The van der Waals surface area contributed by atoms with Gasteiger partial charge in [0.05, 0.1) is 5.69 Å². The van der Waals surface area contributed by atoms with Crippen molar-refractivity contribution in [2.45, 2.75) is 13.2 Å². The first-order valence-electron chi connectivity index (χ1n) is 6.35. The van der Waals surface area contributed by atoms with E-state index in [1.54, 1.807) is 25.1 Å². The van der Waals surface area contributed by atoms with E-state index >= 15 is 0 Å². The quantitative estimate of drug-likeness (QED) is 0.809. The number of aryl methyl sites for hydroxylation is 1. The normalized spacial score (nSPS) is 21.0. The summed E-state index contributed by atoms with van der Waals surface area (Å²) in [6.07, 6.45) is 4.00. The van der Waals surface area contributed by atoms with Crippen molar-refractivity contribution < 1.29 is 19.5 Å². The second-order valence-electron chi connectivity index (χ2n) is 4.80.